The summed E-state index contributed by atoms with van der Waals surface area (Å²) in [5.41, 5.74) is 2.67. The molecule has 0 unspecified atom stereocenters. The van der Waals surface area contributed by atoms with Crippen LogP contribution in [0.1, 0.15) is 41.6 Å². The van der Waals surface area contributed by atoms with E-state index in [2.05, 4.69) is 16.0 Å². The van der Waals surface area contributed by atoms with Crippen molar-refractivity contribution in [3.8, 4) is 5.75 Å². The molecule has 3 N–H and O–H groups in total. The van der Waals surface area contributed by atoms with Crippen LogP contribution >= 0.6 is 0 Å². The molecule has 0 saturated heterocycles. The summed E-state index contributed by atoms with van der Waals surface area (Å²) in [6, 6.07) is 15.1. The van der Waals surface area contributed by atoms with Gasteiger partial charge in [0.15, 0.2) is 0 Å². The maximum Gasteiger partial charge on any atom is 0.251 e. The molecule has 2 atom stereocenters. The van der Waals surface area contributed by atoms with Crippen LogP contribution < -0.4 is 20.7 Å². The second-order valence-corrected chi connectivity index (χ2v) is 7.79. The van der Waals surface area contributed by atoms with Gasteiger partial charge in [0, 0.05) is 30.4 Å². The molecule has 0 heterocycles. The van der Waals surface area contributed by atoms with Crippen molar-refractivity contribution in [1.82, 2.24) is 10.6 Å². The number of methoxy groups -OCH3 is 1. The van der Waals surface area contributed by atoms with E-state index in [1.807, 2.05) is 55.5 Å². The first kappa shape index (κ1) is 21.7. The Balaban J connectivity index is 1.48. The van der Waals surface area contributed by atoms with Crippen LogP contribution in [0.25, 0.3) is 0 Å². The number of ether oxygens (including phenoxy) is 1. The van der Waals surface area contributed by atoms with E-state index in [1.54, 1.807) is 7.11 Å². The Bertz CT molecular complexity index is 851. The lowest BCUT2D eigenvalue weighted by atomic mass is 9.83. The number of aryl methyl sites for hydroxylation is 1. The molecule has 6 heteroatoms. The molecule has 0 bridgehead atoms. The van der Waals surface area contributed by atoms with E-state index in [1.165, 1.54) is 0 Å². The average molecular weight is 410 g/mol. The Morgan fingerprint density at radius 1 is 1.03 bits per heavy atom. The fraction of sp³-hybridized carbons (Fsp3) is 0.417. The average Bonchev–Trinajstić information content (AvgIpc) is 2.77. The number of amides is 2. The molecule has 3 rings (SSSR count). The van der Waals surface area contributed by atoms with Gasteiger partial charge in [0.2, 0.25) is 5.91 Å². The third-order valence-electron chi connectivity index (χ3n) is 5.54. The van der Waals surface area contributed by atoms with Gasteiger partial charge in [-0.25, -0.2) is 0 Å². The molecule has 160 valence electrons. The Morgan fingerprint density at radius 2 is 1.80 bits per heavy atom. The number of nitrogens with one attached hydrogen (secondary N) is 3. The van der Waals surface area contributed by atoms with Gasteiger partial charge in [0.25, 0.3) is 5.91 Å². The first-order chi connectivity index (χ1) is 14.6. The highest BCUT2D eigenvalue weighted by atomic mass is 16.5. The Labute approximate surface area is 178 Å². The lowest BCUT2D eigenvalue weighted by Gasteiger charge is -2.31. The second-order valence-electron chi connectivity index (χ2n) is 7.79. The molecule has 0 aromatic heterocycles. The minimum atomic E-state index is -0.187. The number of benzene rings is 2. The summed E-state index contributed by atoms with van der Waals surface area (Å²) in [6.45, 7) is 3.12. The maximum atomic E-state index is 12.8. The first-order valence-electron chi connectivity index (χ1n) is 10.6. The molecule has 6 nitrogen and oxygen atoms in total. The van der Waals surface area contributed by atoms with Crippen LogP contribution in [0.4, 0.5) is 5.69 Å². The van der Waals surface area contributed by atoms with Gasteiger partial charge < -0.3 is 20.7 Å². The molecule has 2 amide bonds. The summed E-state index contributed by atoms with van der Waals surface area (Å²) in [6.07, 6.45) is 3.68. The van der Waals surface area contributed by atoms with E-state index in [0.717, 1.165) is 42.7 Å². The second kappa shape index (κ2) is 10.7. The topological polar surface area (TPSA) is 79.5 Å². The van der Waals surface area contributed by atoms with Crippen molar-refractivity contribution in [2.75, 3.05) is 25.5 Å². The molecule has 1 saturated carbocycles. The predicted octanol–water partition coefficient (Wildman–Crippen LogP) is 3.52. The molecule has 1 aliphatic carbocycles. The van der Waals surface area contributed by atoms with Crippen molar-refractivity contribution in [2.24, 2.45) is 5.92 Å². The number of rotatable bonds is 8. The Hall–Kier alpha value is -3.02. The van der Waals surface area contributed by atoms with Gasteiger partial charge in [-0.15, -0.1) is 0 Å². The Morgan fingerprint density at radius 3 is 2.53 bits per heavy atom. The van der Waals surface area contributed by atoms with E-state index >= 15 is 0 Å². The number of anilines is 1. The highest BCUT2D eigenvalue weighted by molar-refractivity contribution is 5.95. The molecular formula is C24H31N3O3. The fourth-order valence-corrected chi connectivity index (χ4v) is 3.89. The predicted molar refractivity (Wildman–Crippen MR) is 119 cm³/mol. The summed E-state index contributed by atoms with van der Waals surface area (Å²) in [5.74, 6) is 0.531. The highest BCUT2D eigenvalue weighted by Crippen LogP contribution is 2.25. The number of hydrogen-bond donors (Lipinski definition) is 3. The van der Waals surface area contributed by atoms with Crippen molar-refractivity contribution in [1.29, 1.82) is 0 Å². The van der Waals surface area contributed by atoms with Crippen LogP contribution in [-0.2, 0) is 4.79 Å². The molecule has 2 aromatic carbocycles. The number of carbonyl (C=O) groups excluding carboxylic acids is 2. The Kier molecular flexibility index (Phi) is 7.71. The monoisotopic (exact) mass is 409 g/mol. The van der Waals surface area contributed by atoms with Crippen molar-refractivity contribution in [2.45, 2.75) is 38.6 Å². The molecular weight excluding hydrogens is 378 g/mol. The lowest BCUT2D eigenvalue weighted by molar-refractivity contribution is -0.126. The van der Waals surface area contributed by atoms with Crippen molar-refractivity contribution < 1.29 is 14.3 Å². The smallest absolute Gasteiger partial charge is 0.251 e. The third-order valence-corrected chi connectivity index (χ3v) is 5.54. The van der Waals surface area contributed by atoms with Gasteiger partial charge in [0.05, 0.1) is 13.0 Å². The number of hydrogen-bond acceptors (Lipinski definition) is 4. The standard InChI is InChI=1S/C24H31N3O3/c1-17-6-5-7-18(16-17)23(28)27-22-9-4-3-8-21(22)24(29)26-15-14-25-19-10-12-20(30-2)13-11-19/h5-7,10-13,16,21-22,25H,3-4,8-9,14-15H2,1-2H3,(H,26,29)(H,27,28)/t21-,22+/m0/s1. The van der Waals surface area contributed by atoms with E-state index in [4.69, 9.17) is 4.74 Å². The van der Waals surface area contributed by atoms with Gasteiger partial charge in [-0.2, -0.15) is 0 Å². The lowest BCUT2D eigenvalue weighted by Crippen LogP contribution is -2.49. The molecule has 0 aliphatic heterocycles. The maximum absolute atomic E-state index is 12.8. The van der Waals surface area contributed by atoms with E-state index in [0.29, 0.717) is 18.7 Å². The van der Waals surface area contributed by atoms with Gasteiger partial charge in [-0.3, -0.25) is 9.59 Å². The zero-order valence-corrected chi connectivity index (χ0v) is 17.7. The molecule has 30 heavy (non-hydrogen) atoms. The zero-order chi connectivity index (χ0) is 21.3. The van der Waals surface area contributed by atoms with E-state index < -0.39 is 0 Å². The highest BCUT2D eigenvalue weighted by Gasteiger charge is 2.32. The normalized spacial score (nSPS) is 18.3. The summed E-state index contributed by atoms with van der Waals surface area (Å²) in [4.78, 5) is 25.4. The molecule has 1 aliphatic rings. The van der Waals surface area contributed by atoms with Crippen LogP contribution in [0.3, 0.4) is 0 Å². The first-order valence-corrected chi connectivity index (χ1v) is 10.6. The summed E-state index contributed by atoms with van der Waals surface area (Å²) >= 11 is 0. The molecule has 2 aromatic rings. The summed E-state index contributed by atoms with van der Waals surface area (Å²) in [5, 5.41) is 9.40. The molecule has 0 spiro atoms. The van der Waals surface area contributed by atoms with Gasteiger partial charge >= 0.3 is 0 Å². The summed E-state index contributed by atoms with van der Waals surface area (Å²) < 4.78 is 5.15. The minimum Gasteiger partial charge on any atom is -0.497 e. The van der Waals surface area contributed by atoms with E-state index in [9.17, 15) is 9.59 Å². The van der Waals surface area contributed by atoms with Crippen LogP contribution in [0, 0.1) is 12.8 Å². The van der Waals surface area contributed by atoms with Gasteiger partial charge in [0.1, 0.15) is 5.75 Å². The minimum absolute atomic E-state index is 0.0146. The van der Waals surface area contributed by atoms with Crippen molar-refractivity contribution >= 4 is 17.5 Å². The van der Waals surface area contributed by atoms with Crippen LogP contribution in [0.5, 0.6) is 5.75 Å². The van der Waals surface area contributed by atoms with Crippen LogP contribution in [-0.4, -0.2) is 38.1 Å². The largest absolute Gasteiger partial charge is 0.497 e. The number of carbonyl (C=O) groups is 2. The van der Waals surface area contributed by atoms with E-state index in [-0.39, 0.29) is 23.8 Å². The SMILES string of the molecule is COc1ccc(NCCNC(=O)[C@H]2CCCC[C@H]2NC(=O)c2cccc(C)c2)cc1. The zero-order valence-electron chi connectivity index (χ0n) is 17.7. The third kappa shape index (κ3) is 5.99. The van der Waals surface area contributed by atoms with Crippen LogP contribution in [0.15, 0.2) is 48.5 Å². The quantitative estimate of drug-likeness (QED) is 0.583. The fourth-order valence-electron chi connectivity index (χ4n) is 3.89. The van der Waals surface area contributed by atoms with Crippen LogP contribution in [0.2, 0.25) is 0 Å². The van der Waals surface area contributed by atoms with Gasteiger partial charge in [-0.1, -0.05) is 30.5 Å². The molecule has 0 radical (unpaired) electrons. The molecule has 1 fully saturated rings. The van der Waals surface area contributed by atoms with Gasteiger partial charge in [-0.05, 0) is 56.2 Å². The van der Waals surface area contributed by atoms with Crippen molar-refractivity contribution in [3.05, 3.63) is 59.7 Å². The summed E-state index contributed by atoms with van der Waals surface area (Å²) in [7, 11) is 1.64. The van der Waals surface area contributed by atoms with Crippen molar-refractivity contribution in [3.63, 3.8) is 0 Å².